The van der Waals surface area contributed by atoms with Crippen LogP contribution in [0.2, 0.25) is 0 Å². The molecule has 1 saturated carbocycles. The number of aromatic nitrogens is 5. The molecule has 148 valence electrons. The number of thiazole rings is 1. The number of aryl methyl sites for hydroxylation is 1. The van der Waals surface area contributed by atoms with Crippen molar-refractivity contribution in [2.45, 2.75) is 77.4 Å². The van der Waals surface area contributed by atoms with Crippen LogP contribution in [-0.2, 0) is 19.5 Å². The lowest BCUT2D eigenvalue weighted by Crippen LogP contribution is -2.32. The normalized spacial score (nSPS) is 19.4. The summed E-state index contributed by atoms with van der Waals surface area (Å²) in [5.41, 5.74) is 1.96. The molecule has 1 atom stereocenters. The van der Waals surface area contributed by atoms with E-state index in [0.717, 1.165) is 59.5 Å². The molecular formula is C20H26N6OS. The largest absolute Gasteiger partial charge is 0.365 e. The standard InChI is InChI=1S/C20H26N6OS/c1-3-8-25-19-16(23-17(24-19)13-6-4-5-7-13)18-22-14(10-26(18)20(25)27)9-15-11-28-12(2)21-15/h11,13-14,22H,3-10H2,1-2H3. The Morgan fingerprint density at radius 1 is 1.25 bits per heavy atom. The van der Waals surface area contributed by atoms with Gasteiger partial charge in [-0.25, -0.2) is 19.7 Å². The number of rotatable bonds is 5. The molecule has 0 aromatic carbocycles. The molecule has 1 aliphatic carbocycles. The summed E-state index contributed by atoms with van der Waals surface area (Å²) in [6.45, 7) is 5.44. The van der Waals surface area contributed by atoms with Crippen molar-refractivity contribution in [2.75, 3.05) is 5.32 Å². The van der Waals surface area contributed by atoms with Gasteiger partial charge in [0, 0.05) is 30.8 Å². The van der Waals surface area contributed by atoms with E-state index in [4.69, 9.17) is 9.97 Å². The molecule has 0 saturated heterocycles. The van der Waals surface area contributed by atoms with E-state index in [1.165, 1.54) is 12.8 Å². The van der Waals surface area contributed by atoms with Crippen molar-refractivity contribution in [3.05, 3.63) is 32.4 Å². The minimum atomic E-state index is 0.0201. The first kappa shape index (κ1) is 17.8. The Kier molecular flexibility index (Phi) is 4.45. The molecule has 0 amide bonds. The van der Waals surface area contributed by atoms with Gasteiger partial charge in [-0.05, 0) is 26.2 Å². The maximum atomic E-state index is 13.2. The smallest absolute Gasteiger partial charge is 0.331 e. The Labute approximate surface area is 168 Å². The summed E-state index contributed by atoms with van der Waals surface area (Å²) in [6, 6.07) is 0.154. The van der Waals surface area contributed by atoms with E-state index in [9.17, 15) is 4.79 Å². The first-order valence-corrected chi connectivity index (χ1v) is 11.2. The fourth-order valence-electron chi connectivity index (χ4n) is 4.59. The molecule has 1 aromatic rings. The maximum absolute atomic E-state index is 13.2. The fraction of sp³-hybridized carbons (Fsp3) is 0.600. The van der Waals surface area contributed by atoms with E-state index in [2.05, 4.69) is 22.6 Å². The number of fused-ring (bicyclic) bond motifs is 3. The highest BCUT2D eigenvalue weighted by molar-refractivity contribution is 7.09. The van der Waals surface area contributed by atoms with Crippen molar-refractivity contribution in [2.24, 2.45) is 0 Å². The van der Waals surface area contributed by atoms with Gasteiger partial charge in [0.1, 0.15) is 17.3 Å². The van der Waals surface area contributed by atoms with Gasteiger partial charge in [-0.2, -0.15) is 0 Å². The Balaban J connectivity index is 1.55. The van der Waals surface area contributed by atoms with Crippen LogP contribution in [0.15, 0.2) is 10.2 Å². The van der Waals surface area contributed by atoms with Crippen LogP contribution in [0.4, 0.5) is 5.82 Å². The summed E-state index contributed by atoms with van der Waals surface area (Å²) in [4.78, 5) is 27.6. The van der Waals surface area contributed by atoms with Gasteiger partial charge in [0.05, 0.1) is 16.7 Å². The Morgan fingerprint density at radius 3 is 2.79 bits per heavy atom. The molecular weight excluding hydrogens is 372 g/mol. The highest BCUT2D eigenvalue weighted by Gasteiger charge is 2.33. The first-order chi connectivity index (χ1) is 13.6. The van der Waals surface area contributed by atoms with Gasteiger partial charge in [-0.3, -0.25) is 9.13 Å². The van der Waals surface area contributed by atoms with Crippen molar-refractivity contribution in [1.29, 1.82) is 0 Å². The molecule has 8 heteroatoms. The lowest BCUT2D eigenvalue weighted by atomic mass is 10.1. The van der Waals surface area contributed by atoms with Gasteiger partial charge in [-0.1, -0.05) is 19.8 Å². The van der Waals surface area contributed by atoms with Crippen LogP contribution in [0, 0.1) is 6.92 Å². The third-order valence-corrected chi connectivity index (χ3v) is 6.73. The average Bonchev–Trinajstić information content (AvgIpc) is 3.44. The third-order valence-electron chi connectivity index (χ3n) is 5.90. The molecule has 0 bridgehead atoms. The van der Waals surface area contributed by atoms with E-state index in [0.29, 0.717) is 19.0 Å². The second-order valence-corrected chi connectivity index (χ2v) is 9.09. The Hall–Kier alpha value is -2.22. The van der Waals surface area contributed by atoms with Crippen molar-refractivity contribution >= 4 is 17.2 Å². The predicted octanol–water partition coefficient (Wildman–Crippen LogP) is 3.41. The van der Waals surface area contributed by atoms with Crippen molar-refractivity contribution < 1.29 is 0 Å². The molecule has 7 nitrogen and oxygen atoms in total. The minimum absolute atomic E-state index is 0.0201. The molecule has 1 aromatic heterocycles. The topological polar surface area (TPSA) is 77.6 Å². The van der Waals surface area contributed by atoms with E-state index < -0.39 is 0 Å². The molecule has 5 rings (SSSR count). The number of anilines is 1. The third kappa shape index (κ3) is 2.94. The molecule has 0 spiro atoms. The van der Waals surface area contributed by atoms with Crippen LogP contribution in [0.3, 0.4) is 0 Å². The molecule has 3 aliphatic heterocycles. The quantitative estimate of drug-likeness (QED) is 0.713. The highest BCUT2D eigenvalue weighted by Crippen LogP contribution is 2.37. The lowest BCUT2D eigenvalue weighted by molar-refractivity contribution is 0.558. The van der Waals surface area contributed by atoms with Crippen LogP contribution < -0.4 is 11.0 Å². The van der Waals surface area contributed by atoms with Crippen LogP contribution >= 0.6 is 11.3 Å². The minimum Gasteiger partial charge on any atom is -0.365 e. The van der Waals surface area contributed by atoms with Gasteiger partial charge in [0.15, 0.2) is 5.82 Å². The maximum Gasteiger partial charge on any atom is 0.331 e. The summed E-state index contributed by atoms with van der Waals surface area (Å²) in [5, 5.41) is 6.75. The van der Waals surface area contributed by atoms with Crippen LogP contribution in [0.25, 0.3) is 11.5 Å². The summed E-state index contributed by atoms with van der Waals surface area (Å²) in [7, 11) is 0. The zero-order valence-corrected chi connectivity index (χ0v) is 17.3. The summed E-state index contributed by atoms with van der Waals surface area (Å²) < 4.78 is 3.68. The summed E-state index contributed by atoms with van der Waals surface area (Å²) >= 11 is 1.67. The van der Waals surface area contributed by atoms with Gasteiger partial charge < -0.3 is 5.32 Å². The van der Waals surface area contributed by atoms with Crippen molar-refractivity contribution in [3.63, 3.8) is 0 Å². The van der Waals surface area contributed by atoms with Crippen molar-refractivity contribution in [3.8, 4) is 11.5 Å². The van der Waals surface area contributed by atoms with E-state index in [1.807, 2.05) is 16.1 Å². The number of imidazole rings is 1. The second-order valence-electron chi connectivity index (χ2n) is 8.03. The van der Waals surface area contributed by atoms with Gasteiger partial charge in [0.2, 0.25) is 0 Å². The Morgan fingerprint density at radius 2 is 2.07 bits per heavy atom. The zero-order chi connectivity index (χ0) is 19.3. The van der Waals surface area contributed by atoms with Gasteiger partial charge in [0.25, 0.3) is 0 Å². The molecule has 1 fully saturated rings. The van der Waals surface area contributed by atoms with E-state index in [1.54, 1.807) is 11.3 Å². The number of hydrogen-bond donors (Lipinski definition) is 1. The first-order valence-electron chi connectivity index (χ1n) is 10.3. The van der Waals surface area contributed by atoms with Crippen LogP contribution in [0.5, 0.6) is 0 Å². The molecule has 0 radical (unpaired) electrons. The summed E-state index contributed by atoms with van der Waals surface area (Å²) in [5.74, 6) is 2.94. The zero-order valence-electron chi connectivity index (χ0n) is 16.4. The van der Waals surface area contributed by atoms with E-state index >= 15 is 0 Å². The fourth-order valence-corrected chi connectivity index (χ4v) is 5.22. The monoisotopic (exact) mass is 398 g/mol. The number of hydrogen-bond acceptors (Lipinski definition) is 6. The molecule has 4 heterocycles. The van der Waals surface area contributed by atoms with Gasteiger partial charge >= 0.3 is 5.69 Å². The molecule has 1 unspecified atom stereocenters. The van der Waals surface area contributed by atoms with E-state index in [-0.39, 0.29) is 11.7 Å². The van der Waals surface area contributed by atoms with Crippen LogP contribution in [-0.4, -0.2) is 30.1 Å². The SMILES string of the molecule is CCCn1c2nc(C3CCCC3)nc-2c2n(c1=O)CC(Cc1csc(C)n1)N2. The highest BCUT2D eigenvalue weighted by atomic mass is 32.1. The van der Waals surface area contributed by atoms with Crippen molar-refractivity contribution in [1.82, 2.24) is 24.1 Å². The predicted molar refractivity (Wildman–Crippen MR) is 110 cm³/mol. The van der Waals surface area contributed by atoms with Gasteiger partial charge in [-0.15, -0.1) is 11.3 Å². The molecule has 28 heavy (non-hydrogen) atoms. The molecule has 4 aliphatic rings. The second kappa shape index (κ2) is 6.99. The summed E-state index contributed by atoms with van der Waals surface area (Å²) in [6.07, 6.45) is 6.51. The number of nitrogens with one attached hydrogen (secondary N) is 1. The number of nitrogens with zero attached hydrogens (tertiary/aromatic N) is 5. The lowest BCUT2D eigenvalue weighted by Gasteiger charge is -2.13. The molecule has 1 N–H and O–H groups in total. The van der Waals surface area contributed by atoms with Crippen LogP contribution in [0.1, 0.15) is 61.5 Å². The Bertz CT molecular complexity index is 1030. The average molecular weight is 399 g/mol.